The Morgan fingerprint density at radius 2 is 1.83 bits per heavy atom. The molecule has 1 amide bonds. The minimum Gasteiger partial charge on any atom is -0.394 e. The van der Waals surface area contributed by atoms with Crippen molar-refractivity contribution >= 4 is 35.5 Å². The monoisotopic (exact) mass is 455 g/mol. The summed E-state index contributed by atoms with van der Waals surface area (Å²) in [5.74, 6) is 1.52. The molecule has 166 valence electrons. The maximum atomic E-state index is 12.9. The van der Waals surface area contributed by atoms with Crippen LogP contribution in [0.5, 0.6) is 0 Å². The van der Waals surface area contributed by atoms with Crippen LogP contribution in [0.25, 0.3) is 6.08 Å². The number of hydrogen-bond acceptors (Lipinski definition) is 8. The lowest BCUT2D eigenvalue weighted by Crippen LogP contribution is -2.72. The first-order valence-corrected chi connectivity index (χ1v) is 12.1. The molecule has 0 aromatic heterocycles. The number of likely N-dealkylation sites (tertiary alicyclic amines) is 1. The molecule has 0 aliphatic carbocycles. The molecule has 4 N–H and O–H groups in total. The molecule has 2 heterocycles. The zero-order valence-electron chi connectivity index (χ0n) is 16.8. The first-order chi connectivity index (χ1) is 14.5. The normalized spacial score (nSPS) is 27.0. The zero-order valence-corrected chi connectivity index (χ0v) is 18.4. The summed E-state index contributed by atoms with van der Waals surface area (Å²) in [7, 11) is 1.48. The van der Waals surface area contributed by atoms with Crippen molar-refractivity contribution in [2.75, 3.05) is 25.2 Å². The Labute approximate surface area is 185 Å². The van der Waals surface area contributed by atoms with Crippen LogP contribution in [0.1, 0.15) is 12.0 Å². The number of β-lactam (4-membered cyclic amide) rings is 1. The van der Waals surface area contributed by atoms with E-state index < -0.39 is 43.1 Å². The second-order valence-corrected chi connectivity index (χ2v) is 10.1. The van der Waals surface area contributed by atoms with Crippen LogP contribution in [0.2, 0.25) is 0 Å². The molecule has 30 heavy (non-hydrogen) atoms. The molecule has 0 spiro atoms. The predicted molar refractivity (Wildman–Crippen MR) is 119 cm³/mol. The second kappa shape index (κ2) is 11.0. The Bertz CT molecular complexity index is 715. The van der Waals surface area contributed by atoms with Gasteiger partial charge in [0.25, 0.3) is 5.91 Å². The van der Waals surface area contributed by atoms with E-state index in [0.29, 0.717) is 0 Å². The molecule has 0 unspecified atom stereocenters. The highest BCUT2D eigenvalue weighted by molar-refractivity contribution is 8.17. The van der Waals surface area contributed by atoms with Crippen LogP contribution in [0.15, 0.2) is 36.4 Å². The molecule has 7 nitrogen and oxygen atoms in total. The number of methoxy groups -OCH3 is 1. The quantitative estimate of drug-likeness (QED) is 0.400. The van der Waals surface area contributed by atoms with Gasteiger partial charge < -0.3 is 30.1 Å². The summed E-state index contributed by atoms with van der Waals surface area (Å²) in [6, 6.07) is 8.52. The molecule has 3 rings (SSSR count). The summed E-state index contributed by atoms with van der Waals surface area (Å²) in [6.07, 6.45) is -0.340. The Hall–Kier alpha value is -1.07. The number of benzene rings is 1. The van der Waals surface area contributed by atoms with E-state index in [9.17, 15) is 25.2 Å². The average Bonchev–Trinajstić information content (AvgIpc) is 2.79. The van der Waals surface area contributed by atoms with Crippen molar-refractivity contribution in [1.82, 2.24) is 4.90 Å². The first-order valence-electron chi connectivity index (χ1n) is 9.96. The van der Waals surface area contributed by atoms with Crippen LogP contribution in [-0.2, 0) is 9.53 Å². The van der Waals surface area contributed by atoms with E-state index >= 15 is 0 Å². The van der Waals surface area contributed by atoms with E-state index in [2.05, 4.69) is 0 Å². The largest absolute Gasteiger partial charge is 0.394 e. The summed E-state index contributed by atoms with van der Waals surface area (Å²) in [5.41, 5.74) is 0.973. The van der Waals surface area contributed by atoms with Crippen LogP contribution in [-0.4, -0.2) is 97.5 Å². The molecule has 2 aliphatic heterocycles. The van der Waals surface area contributed by atoms with Crippen molar-refractivity contribution in [2.45, 2.75) is 47.5 Å². The fraction of sp³-hybridized carbons (Fsp3) is 0.571. The lowest BCUT2D eigenvalue weighted by Gasteiger charge is -2.53. The van der Waals surface area contributed by atoms with Gasteiger partial charge in [-0.1, -0.05) is 42.5 Å². The molecule has 2 fully saturated rings. The van der Waals surface area contributed by atoms with Gasteiger partial charge in [-0.25, -0.2) is 0 Å². The van der Waals surface area contributed by atoms with Crippen molar-refractivity contribution < 1.29 is 30.0 Å². The van der Waals surface area contributed by atoms with Crippen LogP contribution >= 0.6 is 23.5 Å². The third kappa shape index (κ3) is 5.04. The third-order valence-electron chi connectivity index (χ3n) is 5.40. The van der Waals surface area contributed by atoms with E-state index in [1.165, 1.54) is 7.11 Å². The highest BCUT2D eigenvalue weighted by Crippen LogP contribution is 2.41. The van der Waals surface area contributed by atoms with Gasteiger partial charge in [-0.3, -0.25) is 4.79 Å². The van der Waals surface area contributed by atoms with Crippen molar-refractivity contribution in [1.29, 1.82) is 0 Å². The van der Waals surface area contributed by atoms with Crippen molar-refractivity contribution in [3.05, 3.63) is 42.0 Å². The lowest BCUT2D eigenvalue weighted by molar-refractivity contribution is -0.180. The Morgan fingerprint density at radius 3 is 2.43 bits per heavy atom. The van der Waals surface area contributed by atoms with Crippen molar-refractivity contribution in [3.8, 4) is 0 Å². The maximum absolute atomic E-state index is 12.9. The highest BCUT2D eigenvalue weighted by Gasteiger charge is 2.54. The fourth-order valence-corrected chi connectivity index (χ4v) is 6.96. The minimum atomic E-state index is -1.57. The summed E-state index contributed by atoms with van der Waals surface area (Å²) < 4.78 is 5.22. The van der Waals surface area contributed by atoms with E-state index in [1.807, 2.05) is 42.5 Å². The van der Waals surface area contributed by atoms with Crippen molar-refractivity contribution in [3.63, 3.8) is 0 Å². The summed E-state index contributed by atoms with van der Waals surface area (Å²) in [4.78, 5) is 14.5. The van der Waals surface area contributed by atoms with Gasteiger partial charge in [-0.05, 0) is 23.5 Å². The second-order valence-electron chi connectivity index (χ2n) is 7.35. The molecule has 6 atom stereocenters. The zero-order chi connectivity index (χ0) is 21.7. The van der Waals surface area contributed by atoms with E-state index in [1.54, 1.807) is 28.4 Å². The van der Waals surface area contributed by atoms with Gasteiger partial charge in [0.2, 0.25) is 0 Å². The molecule has 2 saturated heterocycles. The molecule has 0 saturated carbocycles. The highest BCUT2D eigenvalue weighted by atomic mass is 32.2. The average molecular weight is 456 g/mol. The number of carbonyl (C=O) groups is 1. The Morgan fingerprint density at radius 1 is 1.17 bits per heavy atom. The lowest BCUT2D eigenvalue weighted by atomic mass is 9.90. The van der Waals surface area contributed by atoms with Gasteiger partial charge in [-0.15, -0.1) is 23.5 Å². The minimum absolute atomic E-state index is 0.163. The molecular formula is C21H29NO6S2. The number of ether oxygens (including phenoxy) is 1. The predicted octanol–water partition coefficient (Wildman–Crippen LogP) is 0.565. The number of hydrogen-bond donors (Lipinski definition) is 4. The number of nitrogens with zero attached hydrogens (tertiary/aromatic N) is 1. The number of amides is 1. The SMILES string of the molecule is CO[C@@H]1C(=O)N([C@@H](C2SCCCS2)[C@@H](O)[C@H](O)[C@H](O)CO)[C@@H]1/C=C/c1ccccc1. The van der Waals surface area contributed by atoms with E-state index in [0.717, 1.165) is 23.5 Å². The smallest absolute Gasteiger partial charge is 0.255 e. The molecule has 0 radical (unpaired) electrons. The van der Waals surface area contributed by atoms with Crippen LogP contribution in [0.4, 0.5) is 0 Å². The molecule has 1 aromatic carbocycles. The number of thioether (sulfide) groups is 2. The van der Waals surface area contributed by atoms with Gasteiger partial charge in [-0.2, -0.15) is 0 Å². The summed E-state index contributed by atoms with van der Waals surface area (Å²) >= 11 is 3.26. The number of rotatable bonds is 9. The standard InChI is InChI=1S/C21H29NO6S2/c1-28-19-14(9-8-13-6-3-2-4-7-13)22(20(19)27)16(21-29-10-5-11-30-21)18(26)17(25)15(24)12-23/h2-4,6-9,14-19,21,23-26H,5,10-12H2,1H3/b9-8+/t14-,15-,16-,17-,18-,19+/m1/s1. The Balaban J connectivity index is 1.88. The van der Waals surface area contributed by atoms with Gasteiger partial charge in [0.1, 0.15) is 18.3 Å². The maximum Gasteiger partial charge on any atom is 0.255 e. The van der Waals surface area contributed by atoms with E-state index in [4.69, 9.17) is 4.74 Å². The number of aliphatic hydroxyl groups excluding tert-OH is 4. The van der Waals surface area contributed by atoms with Crippen molar-refractivity contribution in [2.24, 2.45) is 0 Å². The third-order valence-corrected chi connectivity index (χ3v) is 8.48. The Kier molecular flexibility index (Phi) is 8.64. The number of aliphatic hydroxyl groups is 4. The summed E-state index contributed by atoms with van der Waals surface area (Å²) in [6.45, 7) is -0.679. The topological polar surface area (TPSA) is 110 Å². The van der Waals surface area contributed by atoms with Crippen LogP contribution in [0.3, 0.4) is 0 Å². The van der Waals surface area contributed by atoms with Gasteiger partial charge >= 0.3 is 0 Å². The molecule has 9 heteroatoms. The molecule has 1 aromatic rings. The van der Waals surface area contributed by atoms with Gasteiger partial charge in [0, 0.05) is 7.11 Å². The van der Waals surface area contributed by atoms with E-state index in [-0.39, 0.29) is 10.5 Å². The molecular weight excluding hydrogens is 426 g/mol. The number of carbonyl (C=O) groups excluding carboxylic acids is 1. The first kappa shape index (κ1) is 23.6. The summed E-state index contributed by atoms with van der Waals surface area (Å²) in [5, 5.41) is 40.4. The van der Waals surface area contributed by atoms with Crippen LogP contribution < -0.4 is 0 Å². The molecule has 2 aliphatic rings. The van der Waals surface area contributed by atoms with Gasteiger partial charge in [0.15, 0.2) is 6.10 Å². The molecule has 0 bridgehead atoms. The van der Waals surface area contributed by atoms with Gasteiger partial charge in [0.05, 0.1) is 23.3 Å². The van der Waals surface area contributed by atoms with Crippen LogP contribution in [0, 0.1) is 0 Å². The fourth-order valence-electron chi connectivity index (χ4n) is 3.75.